The van der Waals surface area contributed by atoms with Crippen LogP contribution in [0.15, 0.2) is 28.7 Å². The average Bonchev–Trinajstić information content (AvgIpc) is 2.77. The number of fused-ring (bicyclic) bond motifs is 1. The van der Waals surface area contributed by atoms with Crippen molar-refractivity contribution in [3.8, 4) is 0 Å². The lowest BCUT2D eigenvalue weighted by atomic mass is 9.93. The summed E-state index contributed by atoms with van der Waals surface area (Å²) in [5, 5.41) is 14.3. The van der Waals surface area contributed by atoms with Crippen LogP contribution < -0.4 is 5.32 Å². The topological polar surface area (TPSA) is 45.4 Å². The maximum Gasteiger partial charge on any atom is 0.134 e. The maximum absolute atomic E-state index is 9.60. The summed E-state index contributed by atoms with van der Waals surface area (Å²) < 4.78 is 5.76. The maximum atomic E-state index is 9.60. The van der Waals surface area contributed by atoms with Gasteiger partial charge in [0.25, 0.3) is 0 Å². The molecule has 1 aromatic carbocycles. The minimum absolute atomic E-state index is 0.162. The van der Waals surface area contributed by atoms with Gasteiger partial charge in [0.1, 0.15) is 11.3 Å². The van der Waals surface area contributed by atoms with E-state index in [1.165, 1.54) is 5.56 Å². The van der Waals surface area contributed by atoms with Gasteiger partial charge in [-0.3, -0.25) is 0 Å². The summed E-state index contributed by atoms with van der Waals surface area (Å²) in [6.07, 6.45) is 1.82. The summed E-state index contributed by atoms with van der Waals surface area (Å²) >= 11 is 0. The minimum Gasteiger partial charge on any atom is -0.461 e. The van der Waals surface area contributed by atoms with Gasteiger partial charge in [-0.2, -0.15) is 0 Å². The highest BCUT2D eigenvalue weighted by molar-refractivity contribution is 5.82. The fourth-order valence-electron chi connectivity index (χ4n) is 2.50. The third kappa shape index (κ3) is 2.67. The van der Waals surface area contributed by atoms with Crippen LogP contribution in [-0.2, 0) is 6.54 Å². The summed E-state index contributed by atoms with van der Waals surface area (Å²) in [4.78, 5) is 0. The molecule has 2 aromatic rings. The van der Waals surface area contributed by atoms with Gasteiger partial charge in [0.05, 0.1) is 6.61 Å². The molecule has 19 heavy (non-hydrogen) atoms. The number of benzene rings is 1. The number of nitrogens with one attached hydrogen (secondary N) is 1. The predicted octanol–water partition coefficient (Wildman–Crippen LogP) is 3.38. The van der Waals surface area contributed by atoms with Crippen LogP contribution in [0.5, 0.6) is 0 Å². The van der Waals surface area contributed by atoms with Crippen LogP contribution in [-0.4, -0.2) is 17.3 Å². The second-order valence-corrected chi connectivity index (χ2v) is 5.13. The van der Waals surface area contributed by atoms with E-state index in [0.717, 1.165) is 36.1 Å². The molecule has 0 aliphatic rings. The number of aliphatic hydroxyl groups excluding tert-OH is 1. The summed E-state index contributed by atoms with van der Waals surface area (Å²) in [6.45, 7) is 7.09. The lowest BCUT2D eigenvalue weighted by molar-refractivity contribution is 0.149. The Labute approximate surface area is 114 Å². The van der Waals surface area contributed by atoms with E-state index < -0.39 is 0 Å². The van der Waals surface area contributed by atoms with Crippen molar-refractivity contribution in [2.45, 2.75) is 45.7 Å². The number of hydrogen-bond donors (Lipinski definition) is 2. The third-order valence-electron chi connectivity index (χ3n) is 4.20. The lowest BCUT2D eigenvalue weighted by Crippen LogP contribution is -2.47. The molecule has 2 N–H and O–H groups in total. The highest BCUT2D eigenvalue weighted by Crippen LogP contribution is 2.26. The number of hydrogen-bond acceptors (Lipinski definition) is 3. The molecule has 0 unspecified atom stereocenters. The van der Waals surface area contributed by atoms with Crippen LogP contribution in [0.4, 0.5) is 0 Å². The molecule has 104 valence electrons. The molecule has 0 radical (unpaired) electrons. The monoisotopic (exact) mass is 261 g/mol. The number of furan rings is 1. The van der Waals surface area contributed by atoms with E-state index in [-0.39, 0.29) is 12.1 Å². The van der Waals surface area contributed by atoms with Gasteiger partial charge in [-0.1, -0.05) is 32.0 Å². The molecule has 0 fully saturated rings. The Morgan fingerprint density at radius 2 is 1.89 bits per heavy atom. The van der Waals surface area contributed by atoms with Crippen molar-refractivity contribution in [1.82, 2.24) is 5.32 Å². The molecule has 0 aliphatic heterocycles. The highest BCUT2D eigenvalue weighted by Gasteiger charge is 2.25. The summed E-state index contributed by atoms with van der Waals surface area (Å²) in [7, 11) is 0. The molecule has 0 atom stereocenters. The van der Waals surface area contributed by atoms with E-state index in [1.54, 1.807) is 0 Å². The first-order chi connectivity index (χ1) is 9.15. The quantitative estimate of drug-likeness (QED) is 0.838. The molecule has 0 saturated heterocycles. The molecular weight excluding hydrogens is 238 g/mol. The van der Waals surface area contributed by atoms with Crippen LogP contribution in [0, 0.1) is 6.92 Å². The van der Waals surface area contributed by atoms with Gasteiger partial charge >= 0.3 is 0 Å². The lowest BCUT2D eigenvalue weighted by Gasteiger charge is -2.31. The van der Waals surface area contributed by atoms with Crippen molar-refractivity contribution in [2.24, 2.45) is 0 Å². The first kappa shape index (κ1) is 14.1. The Kier molecular flexibility index (Phi) is 4.27. The average molecular weight is 261 g/mol. The van der Waals surface area contributed by atoms with E-state index in [9.17, 15) is 5.11 Å². The Hall–Kier alpha value is -1.32. The van der Waals surface area contributed by atoms with Gasteiger partial charge < -0.3 is 14.8 Å². The van der Waals surface area contributed by atoms with Crippen LogP contribution in [0.1, 0.15) is 38.0 Å². The molecule has 0 saturated carbocycles. The summed E-state index contributed by atoms with van der Waals surface area (Å²) in [5.74, 6) is 0.952. The largest absolute Gasteiger partial charge is 0.461 e. The van der Waals surface area contributed by atoms with E-state index in [0.29, 0.717) is 0 Å². The smallest absolute Gasteiger partial charge is 0.134 e. The normalized spacial score (nSPS) is 12.2. The van der Waals surface area contributed by atoms with E-state index >= 15 is 0 Å². The predicted molar refractivity (Wildman–Crippen MR) is 78.2 cm³/mol. The highest BCUT2D eigenvalue weighted by atomic mass is 16.3. The third-order valence-corrected chi connectivity index (χ3v) is 4.20. The zero-order chi connectivity index (χ0) is 13.9. The Bertz CT molecular complexity index is 532. The standard InChI is InChI=1S/C16H23NO2/c1-4-16(5-2,11-18)17-10-14-12(3)19-15-9-7-6-8-13(14)15/h6-9,17-18H,4-5,10-11H2,1-3H3. The second-order valence-electron chi connectivity index (χ2n) is 5.13. The fourth-order valence-corrected chi connectivity index (χ4v) is 2.50. The number of para-hydroxylation sites is 1. The van der Waals surface area contributed by atoms with Crippen molar-refractivity contribution in [3.63, 3.8) is 0 Å². The molecule has 0 amide bonds. The first-order valence-electron chi connectivity index (χ1n) is 6.98. The summed E-state index contributed by atoms with van der Waals surface area (Å²) in [5.41, 5.74) is 1.93. The van der Waals surface area contributed by atoms with Gasteiger partial charge in [-0.05, 0) is 25.8 Å². The zero-order valence-corrected chi connectivity index (χ0v) is 12.0. The molecule has 2 rings (SSSR count). The number of aliphatic hydroxyl groups is 1. The molecular formula is C16H23NO2. The van der Waals surface area contributed by atoms with Crippen molar-refractivity contribution < 1.29 is 9.52 Å². The van der Waals surface area contributed by atoms with E-state index in [4.69, 9.17) is 4.42 Å². The van der Waals surface area contributed by atoms with Gasteiger partial charge in [0.2, 0.25) is 0 Å². The number of aryl methyl sites for hydroxylation is 1. The van der Waals surface area contributed by atoms with Crippen molar-refractivity contribution in [3.05, 3.63) is 35.6 Å². The van der Waals surface area contributed by atoms with Crippen LogP contribution in [0.2, 0.25) is 0 Å². The Morgan fingerprint density at radius 1 is 1.21 bits per heavy atom. The SMILES string of the molecule is CCC(CC)(CO)NCc1c(C)oc2ccccc12. The molecule has 1 aromatic heterocycles. The van der Waals surface area contributed by atoms with Crippen molar-refractivity contribution in [2.75, 3.05) is 6.61 Å². The van der Waals surface area contributed by atoms with E-state index in [1.807, 2.05) is 25.1 Å². The Balaban J connectivity index is 2.24. The molecule has 1 heterocycles. The van der Waals surface area contributed by atoms with Gasteiger partial charge in [0, 0.05) is 23.0 Å². The van der Waals surface area contributed by atoms with Gasteiger partial charge in [-0.25, -0.2) is 0 Å². The summed E-state index contributed by atoms with van der Waals surface area (Å²) in [6, 6.07) is 8.09. The molecule has 3 heteroatoms. The second kappa shape index (κ2) is 5.76. The van der Waals surface area contributed by atoms with Crippen LogP contribution in [0.3, 0.4) is 0 Å². The molecule has 3 nitrogen and oxygen atoms in total. The molecule has 0 bridgehead atoms. The fraction of sp³-hybridized carbons (Fsp3) is 0.500. The first-order valence-corrected chi connectivity index (χ1v) is 6.98. The van der Waals surface area contributed by atoms with Crippen LogP contribution in [0.25, 0.3) is 11.0 Å². The van der Waals surface area contributed by atoms with Gasteiger partial charge in [-0.15, -0.1) is 0 Å². The molecule has 0 spiro atoms. The zero-order valence-electron chi connectivity index (χ0n) is 12.0. The van der Waals surface area contributed by atoms with Gasteiger partial charge in [0.15, 0.2) is 0 Å². The van der Waals surface area contributed by atoms with Crippen molar-refractivity contribution >= 4 is 11.0 Å². The van der Waals surface area contributed by atoms with Crippen LogP contribution >= 0.6 is 0 Å². The Morgan fingerprint density at radius 3 is 2.53 bits per heavy atom. The molecule has 0 aliphatic carbocycles. The minimum atomic E-state index is -0.190. The number of rotatable bonds is 6. The van der Waals surface area contributed by atoms with Crippen molar-refractivity contribution in [1.29, 1.82) is 0 Å². The van der Waals surface area contributed by atoms with E-state index in [2.05, 4.69) is 25.2 Å².